The Morgan fingerprint density at radius 2 is 1.67 bits per heavy atom. The summed E-state index contributed by atoms with van der Waals surface area (Å²) in [6.07, 6.45) is 0.142. The normalized spacial score (nSPS) is 13.2. The smallest absolute Gasteiger partial charge is 0.261 e. The Bertz CT molecular complexity index is 1270. The molecule has 1 amide bonds. The van der Waals surface area contributed by atoms with Crippen molar-refractivity contribution in [2.75, 3.05) is 12.4 Å². The molecule has 3 rings (SSSR count). The zero-order valence-electron chi connectivity index (χ0n) is 19.9. The Morgan fingerprint density at radius 3 is 2.28 bits per heavy atom. The van der Waals surface area contributed by atoms with Crippen LogP contribution in [0.3, 0.4) is 0 Å². The van der Waals surface area contributed by atoms with E-state index < -0.39 is 40.8 Å². The molecule has 6 nitrogen and oxygen atoms in total. The Labute approximate surface area is 206 Å². The van der Waals surface area contributed by atoms with Gasteiger partial charge >= 0.3 is 0 Å². The second kappa shape index (κ2) is 10.5. The highest BCUT2D eigenvalue weighted by molar-refractivity contribution is 5.98. The third kappa shape index (κ3) is 5.75. The van der Waals surface area contributed by atoms with Crippen LogP contribution in [0.4, 0.5) is 18.9 Å². The Morgan fingerprint density at radius 1 is 1.00 bits per heavy atom. The summed E-state index contributed by atoms with van der Waals surface area (Å²) < 4.78 is 47.3. The van der Waals surface area contributed by atoms with E-state index in [9.17, 15) is 33.0 Å². The number of aldehydes is 1. The molecule has 190 valence electrons. The lowest BCUT2D eigenvalue weighted by Crippen LogP contribution is -2.45. The number of methoxy groups -OCH3 is 1. The van der Waals surface area contributed by atoms with Crippen LogP contribution >= 0.6 is 0 Å². The summed E-state index contributed by atoms with van der Waals surface area (Å²) in [6.45, 7) is 3.17. The molecule has 0 bridgehead atoms. The summed E-state index contributed by atoms with van der Waals surface area (Å²) in [5, 5.41) is 24.5. The summed E-state index contributed by atoms with van der Waals surface area (Å²) in [5.74, 6) is -3.98. The second-order valence-corrected chi connectivity index (χ2v) is 9.16. The lowest BCUT2D eigenvalue weighted by molar-refractivity contribution is -0.137. The lowest BCUT2D eigenvalue weighted by atomic mass is 9.72. The van der Waals surface area contributed by atoms with Crippen LogP contribution in [0.2, 0.25) is 0 Å². The molecule has 0 spiro atoms. The van der Waals surface area contributed by atoms with Crippen LogP contribution in [-0.4, -0.2) is 29.5 Å². The molecule has 3 aromatic rings. The highest BCUT2D eigenvalue weighted by Crippen LogP contribution is 2.42. The lowest BCUT2D eigenvalue weighted by Gasteiger charge is -2.36. The number of halogens is 3. The van der Waals surface area contributed by atoms with Crippen LogP contribution in [0.1, 0.15) is 47.3 Å². The number of benzene rings is 3. The van der Waals surface area contributed by atoms with Crippen molar-refractivity contribution < 1.29 is 37.7 Å². The van der Waals surface area contributed by atoms with Crippen LogP contribution in [0.25, 0.3) is 0 Å². The zero-order chi connectivity index (χ0) is 26.7. The number of carbonyl (C=O) groups is 2. The van der Waals surface area contributed by atoms with Gasteiger partial charge in [-0.1, -0.05) is 13.8 Å². The van der Waals surface area contributed by atoms with Gasteiger partial charge in [0.05, 0.1) is 6.61 Å². The maximum absolute atomic E-state index is 14.1. The van der Waals surface area contributed by atoms with Gasteiger partial charge in [-0.3, -0.25) is 9.59 Å². The van der Waals surface area contributed by atoms with E-state index in [4.69, 9.17) is 4.74 Å². The Balaban J connectivity index is 2.08. The number of phenolic OH excluding ortho intramolecular Hbond substituents is 1. The largest absolute Gasteiger partial charge is 0.508 e. The molecule has 0 aliphatic rings. The Kier molecular flexibility index (Phi) is 7.86. The quantitative estimate of drug-likeness (QED) is 0.360. The molecule has 0 fully saturated rings. The fourth-order valence-electron chi connectivity index (χ4n) is 4.20. The summed E-state index contributed by atoms with van der Waals surface area (Å²) in [5.41, 5.74) is -3.05. The molecule has 0 aromatic heterocycles. The van der Waals surface area contributed by atoms with Gasteiger partial charge in [-0.2, -0.15) is 0 Å². The average Bonchev–Trinajstić information content (AvgIpc) is 2.80. The maximum Gasteiger partial charge on any atom is 0.261 e. The number of amides is 1. The van der Waals surface area contributed by atoms with Crippen molar-refractivity contribution in [1.29, 1.82) is 0 Å². The van der Waals surface area contributed by atoms with Crippen LogP contribution in [0, 0.1) is 17.5 Å². The molecule has 0 aliphatic heterocycles. The molecule has 3 aromatic carbocycles. The minimum absolute atomic E-state index is 0.0725. The summed E-state index contributed by atoms with van der Waals surface area (Å²) in [4.78, 5) is 24.8. The first-order valence-corrected chi connectivity index (χ1v) is 11.0. The van der Waals surface area contributed by atoms with Crippen molar-refractivity contribution in [3.05, 3.63) is 94.3 Å². The van der Waals surface area contributed by atoms with Crippen LogP contribution in [0.5, 0.6) is 5.75 Å². The standard InChI is InChI=1S/C27H26F3NO5/c1-26(2,23-12-19(28)5-7-24(23)33)15-27(35,18-9-20(29)11-21(30)10-18)25(34)31-22-6-4-16(13-32)17(8-22)14-36-3/h4-13,33,35H,14-15H2,1-3H3,(H,31,34). The number of hydrogen-bond acceptors (Lipinski definition) is 5. The van der Waals surface area contributed by atoms with Gasteiger partial charge in [-0.25, -0.2) is 13.2 Å². The minimum Gasteiger partial charge on any atom is -0.508 e. The summed E-state index contributed by atoms with van der Waals surface area (Å²) in [7, 11) is 1.43. The fourth-order valence-corrected chi connectivity index (χ4v) is 4.20. The monoisotopic (exact) mass is 501 g/mol. The van der Waals surface area contributed by atoms with E-state index in [2.05, 4.69) is 5.32 Å². The third-order valence-electron chi connectivity index (χ3n) is 5.93. The molecule has 9 heteroatoms. The predicted octanol–water partition coefficient (Wildman–Crippen LogP) is 4.96. The first-order valence-electron chi connectivity index (χ1n) is 11.0. The SMILES string of the molecule is COCc1cc(NC(=O)C(O)(CC(C)(C)c2cc(F)ccc2O)c2cc(F)cc(F)c2)ccc1C=O. The molecule has 0 aliphatic carbocycles. The molecule has 3 N–H and O–H groups in total. The maximum atomic E-state index is 14.1. The number of ether oxygens (including phenoxy) is 1. The van der Waals surface area contributed by atoms with Crippen LogP contribution in [0.15, 0.2) is 54.6 Å². The van der Waals surface area contributed by atoms with Crippen molar-refractivity contribution in [3.63, 3.8) is 0 Å². The van der Waals surface area contributed by atoms with E-state index >= 15 is 0 Å². The van der Waals surface area contributed by atoms with E-state index in [-0.39, 0.29) is 29.2 Å². The van der Waals surface area contributed by atoms with Crippen molar-refractivity contribution in [2.24, 2.45) is 0 Å². The number of anilines is 1. The average molecular weight is 502 g/mol. The molecule has 0 radical (unpaired) electrons. The van der Waals surface area contributed by atoms with Gasteiger partial charge < -0.3 is 20.3 Å². The number of nitrogens with one attached hydrogen (secondary N) is 1. The van der Waals surface area contributed by atoms with Crippen LogP contribution in [-0.2, 0) is 27.2 Å². The van der Waals surface area contributed by atoms with E-state index in [1.165, 1.54) is 25.3 Å². The van der Waals surface area contributed by atoms with Gasteiger partial charge in [0.1, 0.15) is 29.5 Å². The van der Waals surface area contributed by atoms with E-state index in [1.54, 1.807) is 13.8 Å². The molecular formula is C27H26F3NO5. The van der Waals surface area contributed by atoms with Gasteiger partial charge in [0.15, 0.2) is 5.60 Å². The van der Waals surface area contributed by atoms with Gasteiger partial charge in [-0.05, 0) is 71.5 Å². The highest BCUT2D eigenvalue weighted by atomic mass is 19.1. The number of carbonyl (C=O) groups excluding carboxylic acids is 2. The topological polar surface area (TPSA) is 95.9 Å². The van der Waals surface area contributed by atoms with E-state index in [1.807, 2.05) is 0 Å². The zero-order valence-corrected chi connectivity index (χ0v) is 19.9. The fraction of sp³-hybridized carbons (Fsp3) is 0.259. The number of aromatic hydroxyl groups is 1. The molecule has 1 unspecified atom stereocenters. The minimum atomic E-state index is -2.52. The number of phenols is 1. The third-order valence-corrected chi connectivity index (χ3v) is 5.93. The van der Waals surface area contributed by atoms with Crippen molar-refractivity contribution >= 4 is 17.9 Å². The molecule has 0 saturated heterocycles. The molecule has 0 saturated carbocycles. The van der Waals surface area contributed by atoms with Gasteiger partial charge in [0, 0.05) is 30.0 Å². The molecular weight excluding hydrogens is 475 g/mol. The van der Waals surface area contributed by atoms with Crippen molar-refractivity contribution in [1.82, 2.24) is 0 Å². The van der Waals surface area contributed by atoms with Gasteiger partial charge in [-0.15, -0.1) is 0 Å². The summed E-state index contributed by atoms with van der Waals surface area (Å²) in [6, 6.07) is 9.86. The van der Waals surface area contributed by atoms with Gasteiger partial charge in [0.25, 0.3) is 5.91 Å². The van der Waals surface area contributed by atoms with Crippen LogP contribution < -0.4 is 5.32 Å². The number of hydrogen-bond donors (Lipinski definition) is 3. The van der Waals surface area contributed by atoms with Crippen molar-refractivity contribution in [2.45, 2.75) is 37.9 Å². The van der Waals surface area contributed by atoms with E-state index in [0.717, 1.165) is 30.3 Å². The van der Waals surface area contributed by atoms with Crippen molar-refractivity contribution in [3.8, 4) is 5.75 Å². The first-order chi connectivity index (χ1) is 16.9. The predicted molar refractivity (Wildman–Crippen MR) is 127 cm³/mol. The van der Waals surface area contributed by atoms with Gasteiger partial charge in [0.2, 0.25) is 0 Å². The molecule has 0 heterocycles. The molecule has 36 heavy (non-hydrogen) atoms. The first kappa shape index (κ1) is 26.9. The summed E-state index contributed by atoms with van der Waals surface area (Å²) >= 11 is 0. The van der Waals surface area contributed by atoms with E-state index in [0.29, 0.717) is 23.5 Å². The number of aliphatic hydroxyl groups is 1. The Hall–Kier alpha value is -3.69. The number of rotatable bonds is 9. The highest BCUT2D eigenvalue weighted by Gasteiger charge is 2.44. The molecule has 1 atom stereocenters. The second-order valence-electron chi connectivity index (χ2n) is 9.16.